The summed E-state index contributed by atoms with van der Waals surface area (Å²) >= 11 is 1.45. The third kappa shape index (κ3) is 7.86. The standard InChI is InChI=1S/C24H33F2N7OS/c1-4-33-23(13-18(15-27-2)16-28-17-21(25)26)35-20(24(33)34)6-8-29-19-5-7-30-22(14-19)32-11-9-31(3)10-12-32/h4-5,7,13-15,17-18,20-21H,1,6,8-12,16H2,2-3H3,(H,29,30). The molecule has 2 unspecified atom stereocenters. The predicted octanol–water partition coefficient (Wildman–Crippen LogP) is 3.22. The van der Waals surface area contributed by atoms with E-state index < -0.39 is 6.43 Å². The first-order valence-corrected chi connectivity index (χ1v) is 12.5. The number of alkyl halides is 2. The van der Waals surface area contributed by atoms with E-state index in [1.165, 1.54) is 22.9 Å². The molecular weight excluding hydrogens is 472 g/mol. The van der Waals surface area contributed by atoms with Gasteiger partial charge >= 0.3 is 0 Å². The van der Waals surface area contributed by atoms with Crippen molar-refractivity contribution in [3.8, 4) is 0 Å². The molecule has 190 valence electrons. The number of pyridine rings is 1. The number of likely N-dealkylation sites (N-methyl/N-ethyl adjacent to an activating group) is 1. The molecule has 8 nitrogen and oxygen atoms in total. The van der Waals surface area contributed by atoms with Gasteiger partial charge in [-0.25, -0.2) is 13.8 Å². The quantitative estimate of drug-likeness (QED) is 0.466. The Labute approximate surface area is 209 Å². The normalized spacial score (nSPS) is 21.7. The van der Waals surface area contributed by atoms with Crippen molar-refractivity contribution in [3.05, 3.63) is 42.2 Å². The van der Waals surface area contributed by atoms with Crippen molar-refractivity contribution in [2.24, 2.45) is 15.9 Å². The molecule has 2 atom stereocenters. The van der Waals surface area contributed by atoms with Gasteiger partial charge in [-0.2, -0.15) is 0 Å². The van der Waals surface area contributed by atoms with Crippen LogP contribution in [0.5, 0.6) is 0 Å². The van der Waals surface area contributed by atoms with E-state index in [9.17, 15) is 13.6 Å². The van der Waals surface area contributed by atoms with E-state index in [2.05, 4.69) is 43.7 Å². The molecule has 0 spiro atoms. The van der Waals surface area contributed by atoms with Crippen LogP contribution in [0.25, 0.3) is 0 Å². The lowest BCUT2D eigenvalue weighted by molar-refractivity contribution is -0.125. The number of anilines is 2. The first-order valence-electron chi connectivity index (χ1n) is 11.6. The SMILES string of the molecule is C=CN1C(=O)C(CCNc2ccnc(N3CCN(C)CC3)c2)SC1=CC(C=NC)CN=CC(F)F. The fraction of sp³-hybridized carbons (Fsp3) is 0.500. The summed E-state index contributed by atoms with van der Waals surface area (Å²) < 4.78 is 24.8. The van der Waals surface area contributed by atoms with Gasteiger partial charge in [0.1, 0.15) is 5.82 Å². The molecule has 2 aliphatic heterocycles. The molecule has 35 heavy (non-hydrogen) atoms. The van der Waals surface area contributed by atoms with Crippen molar-refractivity contribution in [2.45, 2.75) is 18.1 Å². The van der Waals surface area contributed by atoms with E-state index in [0.717, 1.165) is 37.7 Å². The van der Waals surface area contributed by atoms with Crippen molar-refractivity contribution in [3.63, 3.8) is 0 Å². The third-order valence-corrected chi connectivity index (χ3v) is 7.03. The maximum Gasteiger partial charge on any atom is 0.273 e. The molecule has 0 radical (unpaired) electrons. The van der Waals surface area contributed by atoms with Gasteiger partial charge in [0.2, 0.25) is 5.91 Å². The molecule has 1 aromatic rings. The topological polar surface area (TPSA) is 76.4 Å². The highest BCUT2D eigenvalue weighted by Crippen LogP contribution is 2.37. The average Bonchev–Trinajstić information content (AvgIpc) is 3.13. The molecule has 1 amide bonds. The lowest BCUT2D eigenvalue weighted by Crippen LogP contribution is -2.44. The summed E-state index contributed by atoms with van der Waals surface area (Å²) in [4.78, 5) is 31.3. The van der Waals surface area contributed by atoms with Crippen molar-refractivity contribution < 1.29 is 13.6 Å². The van der Waals surface area contributed by atoms with Gasteiger partial charge in [-0.1, -0.05) is 18.3 Å². The molecule has 3 rings (SSSR count). The molecule has 0 bridgehead atoms. The van der Waals surface area contributed by atoms with Crippen LogP contribution in [0, 0.1) is 5.92 Å². The lowest BCUT2D eigenvalue weighted by atomic mass is 10.1. The van der Waals surface area contributed by atoms with E-state index in [1.807, 2.05) is 18.2 Å². The molecule has 3 heterocycles. The number of thioether (sulfide) groups is 1. The maximum atomic E-state index is 12.9. The molecule has 0 aliphatic carbocycles. The van der Waals surface area contributed by atoms with E-state index in [-0.39, 0.29) is 23.6 Å². The van der Waals surface area contributed by atoms with Gasteiger partial charge in [-0.3, -0.25) is 14.7 Å². The molecule has 1 aromatic heterocycles. The van der Waals surface area contributed by atoms with Gasteiger partial charge in [0.15, 0.2) is 0 Å². The van der Waals surface area contributed by atoms with Crippen molar-refractivity contribution in [1.29, 1.82) is 0 Å². The zero-order valence-electron chi connectivity index (χ0n) is 20.2. The Morgan fingerprint density at radius 1 is 1.31 bits per heavy atom. The molecule has 0 saturated carbocycles. The van der Waals surface area contributed by atoms with Crippen LogP contribution in [0.2, 0.25) is 0 Å². The van der Waals surface area contributed by atoms with Gasteiger partial charge in [-0.05, 0) is 25.6 Å². The van der Waals surface area contributed by atoms with E-state index in [0.29, 0.717) is 24.2 Å². The number of halogens is 2. The van der Waals surface area contributed by atoms with Gasteiger partial charge in [-0.15, -0.1) is 0 Å². The minimum Gasteiger partial charge on any atom is -0.385 e. The number of carbonyl (C=O) groups excluding carboxylic acids is 1. The second-order valence-electron chi connectivity index (χ2n) is 8.33. The number of hydrogen-bond acceptors (Lipinski definition) is 8. The zero-order valence-corrected chi connectivity index (χ0v) is 21.0. The molecule has 2 saturated heterocycles. The Morgan fingerprint density at radius 2 is 2.09 bits per heavy atom. The smallest absolute Gasteiger partial charge is 0.273 e. The van der Waals surface area contributed by atoms with Crippen molar-refractivity contribution in [2.75, 3.05) is 63.6 Å². The molecule has 1 N–H and O–H groups in total. The van der Waals surface area contributed by atoms with Crippen LogP contribution in [0.4, 0.5) is 20.3 Å². The number of hydrogen-bond donors (Lipinski definition) is 1. The summed E-state index contributed by atoms with van der Waals surface area (Å²) in [6.07, 6.45) is 5.41. The van der Waals surface area contributed by atoms with E-state index >= 15 is 0 Å². The maximum absolute atomic E-state index is 12.9. The number of rotatable bonds is 11. The summed E-state index contributed by atoms with van der Waals surface area (Å²) in [5.41, 5.74) is 0.969. The highest BCUT2D eigenvalue weighted by molar-refractivity contribution is 8.04. The molecule has 2 fully saturated rings. The van der Waals surface area contributed by atoms with E-state index in [4.69, 9.17) is 0 Å². The lowest BCUT2D eigenvalue weighted by Gasteiger charge is -2.33. The minimum atomic E-state index is -2.59. The number of amides is 1. The van der Waals surface area contributed by atoms with Gasteiger partial charge in [0.05, 0.1) is 23.0 Å². The number of nitrogens with one attached hydrogen (secondary N) is 1. The Morgan fingerprint density at radius 3 is 2.77 bits per heavy atom. The van der Waals surface area contributed by atoms with Crippen molar-refractivity contribution in [1.82, 2.24) is 14.8 Å². The molecule has 11 heteroatoms. The number of aromatic nitrogens is 1. The summed E-state index contributed by atoms with van der Waals surface area (Å²) in [5.74, 6) is 0.610. The van der Waals surface area contributed by atoms with Crippen LogP contribution >= 0.6 is 11.8 Å². The fourth-order valence-corrected chi connectivity index (χ4v) is 5.14. The Kier molecular flexibility index (Phi) is 10.2. The molecule has 2 aliphatic rings. The van der Waals surface area contributed by atoms with Crippen molar-refractivity contribution >= 4 is 41.6 Å². The second-order valence-corrected chi connectivity index (χ2v) is 9.55. The first-order chi connectivity index (χ1) is 16.9. The van der Waals surface area contributed by atoms with E-state index in [1.54, 1.807) is 19.5 Å². The molecular formula is C24H33F2N7OS. The highest BCUT2D eigenvalue weighted by Gasteiger charge is 2.35. The minimum absolute atomic E-state index is 0.0471. The Bertz CT molecular complexity index is 948. The number of carbonyl (C=O) groups is 1. The van der Waals surface area contributed by atoms with Gasteiger partial charge in [0, 0.05) is 76.1 Å². The van der Waals surface area contributed by atoms with Crippen LogP contribution in [0.15, 0.2) is 52.2 Å². The summed E-state index contributed by atoms with van der Waals surface area (Å²) in [7, 11) is 3.74. The zero-order chi connectivity index (χ0) is 25.2. The highest BCUT2D eigenvalue weighted by atomic mass is 32.2. The van der Waals surface area contributed by atoms with Crippen LogP contribution in [-0.2, 0) is 4.79 Å². The summed E-state index contributed by atoms with van der Waals surface area (Å²) in [6, 6.07) is 3.98. The second kappa shape index (κ2) is 13.3. The Hall–Kier alpha value is -2.79. The summed E-state index contributed by atoms with van der Waals surface area (Å²) in [6.45, 7) is 8.44. The first kappa shape index (κ1) is 26.8. The van der Waals surface area contributed by atoms with Crippen LogP contribution < -0.4 is 10.2 Å². The Balaban J connectivity index is 1.58. The van der Waals surface area contributed by atoms with Crippen LogP contribution in [0.3, 0.4) is 0 Å². The predicted molar refractivity (Wildman–Crippen MR) is 141 cm³/mol. The largest absolute Gasteiger partial charge is 0.385 e. The van der Waals surface area contributed by atoms with Gasteiger partial charge in [0.25, 0.3) is 6.43 Å². The fourth-order valence-electron chi connectivity index (χ4n) is 3.86. The average molecular weight is 506 g/mol. The number of aliphatic imine (C=N–C) groups is 2. The number of piperazine rings is 1. The van der Waals surface area contributed by atoms with Crippen LogP contribution in [-0.4, -0.2) is 98.2 Å². The summed E-state index contributed by atoms with van der Waals surface area (Å²) in [5, 5.41) is 3.86. The monoisotopic (exact) mass is 505 g/mol. The van der Waals surface area contributed by atoms with Gasteiger partial charge < -0.3 is 20.1 Å². The third-order valence-electron chi connectivity index (χ3n) is 5.74. The van der Waals surface area contributed by atoms with Crippen LogP contribution in [0.1, 0.15) is 6.42 Å². The number of nitrogens with zero attached hydrogens (tertiary/aromatic N) is 6. The molecule has 0 aromatic carbocycles.